The number of carbonyl (C=O) groups is 2. The van der Waals surface area contributed by atoms with Crippen molar-refractivity contribution in [3.63, 3.8) is 0 Å². The molecule has 2 saturated carbocycles. The van der Waals surface area contributed by atoms with Crippen molar-refractivity contribution >= 4 is 11.9 Å². The van der Waals surface area contributed by atoms with Gasteiger partial charge in [-0.15, -0.1) is 0 Å². The largest absolute Gasteiger partial charge is 0.490 e. The van der Waals surface area contributed by atoms with Gasteiger partial charge in [0, 0.05) is 30.6 Å². The maximum absolute atomic E-state index is 12.9. The summed E-state index contributed by atoms with van der Waals surface area (Å²) >= 11 is 0. The second kappa shape index (κ2) is 8.31. The number of likely N-dealkylation sites (tertiary alicyclic amines) is 1. The summed E-state index contributed by atoms with van der Waals surface area (Å²) in [5.41, 5.74) is -0.0223. The van der Waals surface area contributed by atoms with E-state index in [-0.39, 0.29) is 42.4 Å². The third-order valence-electron chi connectivity index (χ3n) is 6.91. The molecule has 170 valence electrons. The normalized spacial score (nSPS) is 29.9. The highest BCUT2D eigenvalue weighted by Crippen LogP contribution is 2.58. The van der Waals surface area contributed by atoms with Gasteiger partial charge >= 0.3 is 12.1 Å². The number of ether oxygens (including phenoxy) is 2. The molecule has 0 bridgehead atoms. The van der Waals surface area contributed by atoms with Crippen LogP contribution in [0.3, 0.4) is 0 Å². The average Bonchev–Trinajstić information content (AvgIpc) is 3.31. The third kappa shape index (κ3) is 4.50. The lowest BCUT2D eigenvalue weighted by Gasteiger charge is -2.32. The highest BCUT2D eigenvalue weighted by atomic mass is 19.4. The molecule has 1 saturated heterocycles. The van der Waals surface area contributed by atoms with E-state index in [1.165, 1.54) is 6.20 Å². The van der Waals surface area contributed by atoms with E-state index in [1.54, 1.807) is 24.0 Å². The molecule has 0 aromatic carbocycles. The van der Waals surface area contributed by atoms with Crippen molar-refractivity contribution in [2.45, 2.75) is 45.2 Å². The number of piperidine rings is 1. The van der Waals surface area contributed by atoms with Crippen LogP contribution in [-0.4, -0.2) is 54.2 Å². The standard InChI is InChI=1S/C22H27F3N2O4/c1-2-30-20(29)18-17(4-3-9-26-18)31-13-21-10-16(21)11-27(12-21)19(28)14-5-7-15(8-6-14)22(23,24)25/h3-4,9,14-16H,2,5-8,10-13H2,1H3. The number of amides is 1. The highest BCUT2D eigenvalue weighted by Gasteiger charge is 2.61. The van der Waals surface area contributed by atoms with Gasteiger partial charge in [0.2, 0.25) is 5.91 Å². The maximum Gasteiger partial charge on any atom is 0.391 e. The Bertz CT molecular complexity index is 838. The Morgan fingerprint density at radius 2 is 2.00 bits per heavy atom. The van der Waals surface area contributed by atoms with Crippen molar-refractivity contribution in [1.82, 2.24) is 9.88 Å². The van der Waals surface area contributed by atoms with Crippen LogP contribution in [0, 0.1) is 23.2 Å². The number of carbonyl (C=O) groups excluding carboxylic acids is 2. The minimum absolute atomic E-state index is 0.0270. The monoisotopic (exact) mass is 440 g/mol. The second-order valence-corrected chi connectivity index (χ2v) is 8.93. The first-order valence-electron chi connectivity index (χ1n) is 10.8. The average molecular weight is 440 g/mol. The Morgan fingerprint density at radius 3 is 2.68 bits per heavy atom. The minimum Gasteiger partial charge on any atom is -0.490 e. The van der Waals surface area contributed by atoms with Crippen LogP contribution < -0.4 is 4.74 Å². The van der Waals surface area contributed by atoms with Crippen LogP contribution in [0.25, 0.3) is 0 Å². The lowest BCUT2D eigenvalue weighted by Crippen LogP contribution is -2.40. The Kier molecular flexibility index (Phi) is 5.87. The Labute approximate surface area is 179 Å². The molecule has 4 rings (SSSR count). The van der Waals surface area contributed by atoms with Gasteiger partial charge in [-0.1, -0.05) is 0 Å². The van der Waals surface area contributed by atoms with Gasteiger partial charge in [0.25, 0.3) is 0 Å². The van der Waals surface area contributed by atoms with Crippen LogP contribution in [0.1, 0.15) is 49.5 Å². The molecule has 3 aliphatic rings. The van der Waals surface area contributed by atoms with Gasteiger partial charge in [-0.2, -0.15) is 13.2 Å². The Balaban J connectivity index is 1.32. The first kappa shape index (κ1) is 21.9. The van der Waals surface area contributed by atoms with Gasteiger partial charge in [0.15, 0.2) is 11.4 Å². The smallest absolute Gasteiger partial charge is 0.391 e. The van der Waals surface area contributed by atoms with E-state index < -0.39 is 18.1 Å². The predicted octanol–water partition coefficient (Wildman–Crippen LogP) is 3.85. The number of alkyl halides is 3. The number of fused-ring (bicyclic) bond motifs is 1. The van der Waals surface area contributed by atoms with Crippen molar-refractivity contribution in [3.8, 4) is 5.75 Å². The number of nitrogens with zero attached hydrogens (tertiary/aromatic N) is 2. The number of pyridine rings is 1. The highest BCUT2D eigenvalue weighted by molar-refractivity contribution is 5.90. The van der Waals surface area contributed by atoms with Crippen LogP contribution >= 0.6 is 0 Å². The molecule has 2 aliphatic carbocycles. The predicted molar refractivity (Wildman–Crippen MR) is 104 cm³/mol. The van der Waals surface area contributed by atoms with Crippen molar-refractivity contribution in [2.75, 3.05) is 26.3 Å². The molecule has 0 N–H and O–H groups in total. The number of hydrogen-bond donors (Lipinski definition) is 0. The minimum atomic E-state index is -4.17. The van der Waals surface area contributed by atoms with E-state index in [9.17, 15) is 22.8 Å². The van der Waals surface area contributed by atoms with E-state index in [2.05, 4.69) is 4.98 Å². The van der Waals surface area contributed by atoms with E-state index in [0.717, 1.165) is 6.42 Å². The zero-order chi connectivity index (χ0) is 22.2. The summed E-state index contributed by atoms with van der Waals surface area (Å²) in [4.78, 5) is 30.8. The molecule has 2 unspecified atom stereocenters. The fourth-order valence-electron chi connectivity index (χ4n) is 4.99. The van der Waals surface area contributed by atoms with Crippen LogP contribution in [0.5, 0.6) is 5.75 Å². The molecule has 2 heterocycles. The quantitative estimate of drug-likeness (QED) is 0.629. The van der Waals surface area contributed by atoms with E-state index >= 15 is 0 Å². The zero-order valence-electron chi connectivity index (χ0n) is 17.5. The SMILES string of the molecule is CCOC(=O)c1ncccc1OCC12CC1CN(C(=O)C1CCC(C(F)(F)F)CC1)C2. The second-order valence-electron chi connectivity index (χ2n) is 8.93. The van der Waals surface area contributed by atoms with E-state index in [4.69, 9.17) is 9.47 Å². The van der Waals surface area contributed by atoms with Crippen LogP contribution in [-0.2, 0) is 9.53 Å². The third-order valence-corrected chi connectivity index (χ3v) is 6.91. The van der Waals surface area contributed by atoms with E-state index in [0.29, 0.717) is 44.2 Å². The molecule has 1 aromatic rings. The van der Waals surface area contributed by atoms with Crippen molar-refractivity contribution < 1.29 is 32.2 Å². The molecule has 0 radical (unpaired) electrons. The van der Waals surface area contributed by atoms with Gasteiger partial charge in [-0.3, -0.25) is 4.79 Å². The Morgan fingerprint density at radius 1 is 1.26 bits per heavy atom. The lowest BCUT2D eigenvalue weighted by molar-refractivity contribution is -0.185. The van der Waals surface area contributed by atoms with Gasteiger partial charge < -0.3 is 14.4 Å². The molecule has 1 aliphatic heterocycles. The fourth-order valence-corrected chi connectivity index (χ4v) is 4.99. The molecule has 1 aromatic heterocycles. The molecule has 2 atom stereocenters. The summed E-state index contributed by atoms with van der Waals surface area (Å²) in [7, 11) is 0. The van der Waals surface area contributed by atoms with Gasteiger partial charge in [0.1, 0.15) is 0 Å². The van der Waals surface area contributed by atoms with Crippen molar-refractivity contribution in [3.05, 3.63) is 24.0 Å². The molecule has 3 fully saturated rings. The summed E-state index contributed by atoms with van der Waals surface area (Å²) in [5, 5.41) is 0. The zero-order valence-corrected chi connectivity index (χ0v) is 17.5. The molecule has 9 heteroatoms. The summed E-state index contributed by atoms with van der Waals surface area (Å²) in [5.74, 6) is -1.48. The number of aromatic nitrogens is 1. The van der Waals surface area contributed by atoms with Crippen LogP contribution in [0.2, 0.25) is 0 Å². The van der Waals surface area contributed by atoms with Crippen molar-refractivity contribution in [1.29, 1.82) is 0 Å². The molecular formula is C22H27F3N2O4. The van der Waals surface area contributed by atoms with Gasteiger partial charge in [-0.05, 0) is 57.1 Å². The Hall–Kier alpha value is -2.32. The summed E-state index contributed by atoms with van der Waals surface area (Å²) < 4.78 is 49.6. The molecule has 0 spiro atoms. The number of halogens is 3. The summed E-state index contributed by atoms with van der Waals surface area (Å²) in [6, 6.07) is 3.35. The van der Waals surface area contributed by atoms with Crippen LogP contribution in [0.4, 0.5) is 13.2 Å². The maximum atomic E-state index is 12.9. The fraction of sp³-hybridized carbons (Fsp3) is 0.682. The first-order valence-corrected chi connectivity index (χ1v) is 10.8. The number of rotatable bonds is 6. The molecular weight excluding hydrogens is 413 g/mol. The van der Waals surface area contributed by atoms with Gasteiger partial charge in [-0.25, -0.2) is 9.78 Å². The van der Waals surface area contributed by atoms with Crippen LogP contribution in [0.15, 0.2) is 18.3 Å². The summed E-state index contributed by atoms with van der Waals surface area (Å²) in [6.45, 7) is 3.49. The van der Waals surface area contributed by atoms with E-state index in [1.807, 2.05) is 0 Å². The van der Waals surface area contributed by atoms with Gasteiger partial charge in [0.05, 0.1) is 19.1 Å². The molecule has 1 amide bonds. The summed E-state index contributed by atoms with van der Waals surface area (Å²) in [6.07, 6.45) is -1.07. The first-order chi connectivity index (χ1) is 14.7. The molecule has 6 nitrogen and oxygen atoms in total. The topological polar surface area (TPSA) is 68.7 Å². The number of esters is 1. The molecule has 31 heavy (non-hydrogen) atoms. The van der Waals surface area contributed by atoms with Crippen molar-refractivity contribution in [2.24, 2.45) is 23.2 Å². The number of hydrogen-bond acceptors (Lipinski definition) is 5. The lowest BCUT2D eigenvalue weighted by atomic mass is 9.81.